The van der Waals surface area contributed by atoms with Crippen molar-refractivity contribution in [2.45, 2.75) is 37.0 Å². The van der Waals surface area contributed by atoms with Crippen LogP contribution in [0.1, 0.15) is 23.4 Å². The van der Waals surface area contributed by atoms with E-state index in [1.807, 2.05) is 24.3 Å². The Morgan fingerprint density at radius 3 is 2.91 bits per heavy atom. The van der Waals surface area contributed by atoms with Gasteiger partial charge in [-0.25, -0.2) is 0 Å². The molecule has 0 bridgehead atoms. The molecule has 3 rings (SSSR count). The van der Waals surface area contributed by atoms with Crippen molar-refractivity contribution in [1.29, 1.82) is 0 Å². The van der Waals surface area contributed by atoms with E-state index in [0.29, 0.717) is 11.5 Å². The largest absolute Gasteiger partial charge is 0.461 e. The molecule has 1 atom stereocenters. The summed E-state index contributed by atoms with van der Waals surface area (Å²) in [6.07, 6.45) is 0.0220. The number of amides is 1. The maximum atomic E-state index is 12.1. The molecular formula is C16H16N2O4S. The number of anilines is 1. The number of carbonyl (C=O) groups excluding carboxylic acids is 2. The van der Waals surface area contributed by atoms with Gasteiger partial charge in [-0.2, -0.15) is 0 Å². The summed E-state index contributed by atoms with van der Waals surface area (Å²) in [6.45, 7) is 3.67. The maximum absolute atomic E-state index is 12.1. The van der Waals surface area contributed by atoms with Gasteiger partial charge in [-0.15, -0.1) is 11.8 Å². The van der Waals surface area contributed by atoms with Crippen LogP contribution >= 0.6 is 11.8 Å². The van der Waals surface area contributed by atoms with E-state index in [1.165, 1.54) is 11.8 Å². The van der Waals surface area contributed by atoms with Crippen molar-refractivity contribution in [2.75, 3.05) is 5.32 Å². The molecule has 0 saturated heterocycles. The monoisotopic (exact) mass is 332 g/mol. The number of carbonyl (C=O) groups is 2. The summed E-state index contributed by atoms with van der Waals surface area (Å²) in [5, 5.41) is 6.14. The standard InChI is InChI=1S/C16H16N2O4S/c1-9-11(10(2)22-18-9)8-21-15(19)7-14-16(20)17-12-5-3-4-6-13(12)23-14/h3-6,14H,7-8H2,1-2H3,(H,17,20)/t14-/m0/s1. The van der Waals surface area contributed by atoms with Gasteiger partial charge in [-0.05, 0) is 26.0 Å². The molecule has 1 aromatic heterocycles. The third kappa shape index (κ3) is 3.39. The molecule has 0 fully saturated rings. The Labute approximate surface area is 137 Å². The number of benzene rings is 1. The Hall–Kier alpha value is -2.28. The van der Waals surface area contributed by atoms with Crippen LogP contribution in [0.25, 0.3) is 0 Å². The van der Waals surface area contributed by atoms with Crippen LogP contribution in [-0.4, -0.2) is 22.3 Å². The van der Waals surface area contributed by atoms with Crippen LogP contribution in [0, 0.1) is 13.8 Å². The number of rotatable bonds is 4. The first-order valence-electron chi connectivity index (χ1n) is 7.18. The third-order valence-electron chi connectivity index (χ3n) is 3.62. The van der Waals surface area contributed by atoms with Crippen molar-refractivity contribution in [1.82, 2.24) is 5.16 Å². The normalized spacial score (nSPS) is 16.6. The first-order valence-corrected chi connectivity index (χ1v) is 8.06. The molecule has 1 aliphatic rings. The van der Waals surface area contributed by atoms with Gasteiger partial charge in [0.1, 0.15) is 12.4 Å². The topological polar surface area (TPSA) is 81.4 Å². The highest BCUT2D eigenvalue weighted by atomic mass is 32.2. The molecule has 23 heavy (non-hydrogen) atoms. The average molecular weight is 332 g/mol. The highest BCUT2D eigenvalue weighted by Crippen LogP contribution is 2.36. The molecule has 1 N–H and O–H groups in total. The summed E-state index contributed by atoms with van der Waals surface area (Å²) in [6, 6.07) is 7.52. The van der Waals surface area contributed by atoms with E-state index in [0.717, 1.165) is 16.1 Å². The van der Waals surface area contributed by atoms with Crippen molar-refractivity contribution < 1.29 is 18.8 Å². The lowest BCUT2D eigenvalue weighted by Crippen LogP contribution is -2.31. The summed E-state index contributed by atoms with van der Waals surface area (Å²) in [7, 11) is 0. The van der Waals surface area contributed by atoms with Gasteiger partial charge >= 0.3 is 5.97 Å². The van der Waals surface area contributed by atoms with Gasteiger partial charge in [-0.3, -0.25) is 9.59 Å². The highest BCUT2D eigenvalue weighted by molar-refractivity contribution is 8.01. The van der Waals surface area contributed by atoms with Crippen molar-refractivity contribution in [3.8, 4) is 0 Å². The molecule has 1 amide bonds. The van der Waals surface area contributed by atoms with Crippen LogP contribution in [0.2, 0.25) is 0 Å². The molecule has 0 saturated carbocycles. The van der Waals surface area contributed by atoms with Crippen molar-refractivity contribution in [3.63, 3.8) is 0 Å². The molecule has 2 heterocycles. The fourth-order valence-electron chi connectivity index (χ4n) is 2.30. The molecule has 0 aliphatic carbocycles. The molecule has 1 aliphatic heterocycles. The first kappa shape index (κ1) is 15.6. The summed E-state index contributed by atoms with van der Waals surface area (Å²) >= 11 is 1.38. The van der Waals surface area contributed by atoms with Crippen molar-refractivity contribution in [3.05, 3.63) is 41.3 Å². The number of ether oxygens (including phenoxy) is 1. The van der Waals surface area contributed by atoms with Gasteiger partial charge in [0.2, 0.25) is 5.91 Å². The van der Waals surface area contributed by atoms with Crippen LogP contribution < -0.4 is 5.32 Å². The van der Waals surface area contributed by atoms with Crippen LogP contribution in [0.3, 0.4) is 0 Å². The lowest BCUT2D eigenvalue weighted by Gasteiger charge is -2.23. The fourth-order valence-corrected chi connectivity index (χ4v) is 3.39. The Morgan fingerprint density at radius 1 is 1.39 bits per heavy atom. The molecule has 0 unspecified atom stereocenters. The van der Waals surface area contributed by atoms with Gasteiger partial charge in [-0.1, -0.05) is 17.3 Å². The van der Waals surface area contributed by atoms with Crippen molar-refractivity contribution in [2.24, 2.45) is 0 Å². The number of thioether (sulfide) groups is 1. The molecule has 7 heteroatoms. The van der Waals surface area contributed by atoms with Gasteiger partial charge in [0, 0.05) is 4.90 Å². The Bertz CT molecular complexity index is 737. The summed E-state index contributed by atoms with van der Waals surface area (Å²) in [5.74, 6) is 0.0361. The number of esters is 1. The Morgan fingerprint density at radius 2 is 2.17 bits per heavy atom. The minimum absolute atomic E-state index is 0.0220. The average Bonchev–Trinajstić information content (AvgIpc) is 2.85. The summed E-state index contributed by atoms with van der Waals surface area (Å²) in [5.41, 5.74) is 2.25. The van der Waals surface area contributed by atoms with E-state index in [2.05, 4.69) is 10.5 Å². The Balaban J connectivity index is 1.59. The van der Waals surface area contributed by atoms with E-state index in [4.69, 9.17) is 9.26 Å². The number of aryl methyl sites for hydroxylation is 2. The SMILES string of the molecule is Cc1noc(C)c1COC(=O)C[C@@H]1Sc2ccccc2NC1=O. The van der Waals surface area contributed by atoms with Gasteiger partial charge in [0.15, 0.2) is 0 Å². The number of hydrogen-bond donors (Lipinski definition) is 1. The fraction of sp³-hybridized carbons (Fsp3) is 0.312. The lowest BCUT2D eigenvalue weighted by atomic mass is 10.2. The molecule has 120 valence electrons. The van der Waals surface area contributed by atoms with Crippen LogP contribution in [0.5, 0.6) is 0 Å². The molecule has 1 aromatic carbocycles. The van der Waals surface area contributed by atoms with Crippen LogP contribution in [0.4, 0.5) is 5.69 Å². The van der Waals surface area contributed by atoms with Gasteiger partial charge in [0.25, 0.3) is 0 Å². The lowest BCUT2D eigenvalue weighted by molar-refractivity contribution is -0.145. The number of hydrogen-bond acceptors (Lipinski definition) is 6. The summed E-state index contributed by atoms with van der Waals surface area (Å²) in [4.78, 5) is 25.0. The molecule has 0 radical (unpaired) electrons. The second-order valence-corrected chi connectivity index (χ2v) is 6.50. The first-order chi connectivity index (χ1) is 11.0. The zero-order chi connectivity index (χ0) is 16.4. The molecule has 0 spiro atoms. The number of nitrogens with zero attached hydrogens (tertiary/aromatic N) is 1. The second-order valence-electron chi connectivity index (χ2n) is 5.26. The number of nitrogens with one attached hydrogen (secondary N) is 1. The minimum atomic E-state index is -0.484. The summed E-state index contributed by atoms with van der Waals surface area (Å²) < 4.78 is 10.3. The number of para-hydroxylation sites is 1. The Kier molecular flexibility index (Phi) is 4.38. The zero-order valence-corrected chi connectivity index (χ0v) is 13.6. The molecule has 2 aromatic rings. The van der Waals surface area contributed by atoms with E-state index in [9.17, 15) is 9.59 Å². The predicted molar refractivity (Wildman–Crippen MR) is 85.1 cm³/mol. The van der Waals surface area contributed by atoms with Crippen LogP contribution in [0.15, 0.2) is 33.7 Å². The quantitative estimate of drug-likeness (QED) is 0.867. The number of aromatic nitrogens is 1. The van der Waals surface area contributed by atoms with Gasteiger partial charge < -0.3 is 14.6 Å². The van der Waals surface area contributed by atoms with E-state index in [1.54, 1.807) is 13.8 Å². The maximum Gasteiger partial charge on any atom is 0.307 e. The van der Waals surface area contributed by atoms with E-state index in [-0.39, 0.29) is 18.9 Å². The van der Waals surface area contributed by atoms with Gasteiger partial charge in [0.05, 0.1) is 28.6 Å². The second kappa shape index (κ2) is 6.45. The predicted octanol–water partition coefficient (Wildman–Crippen LogP) is 2.84. The van der Waals surface area contributed by atoms with E-state index < -0.39 is 11.2 Å². The van der Waals surface area contributed by atoms with E-state index >= 15 is 0 Å². The highest BCUT2D eigenvalue weighted by Gasteiger charge is 2.29. The smallest absolute Gasteiger partial charge is 0.307 e. The molecule has 6 nitrogen and oxygen atoms in total. The number of fused-ring (bicyclic) bond motifs is 1. The van der Waals surface area contributed by atoms with Crippen molar-refractivity contribution >= 4 is 29.3 Å². The van der Waals surface area contributed by atoms with Crippen LogP contribution in [-0.2, 0) is 20.9 Å². The third-order valence-corrected chi connectivity index (χ3v) is 4.89. The minimum Gasteiger partial charge on any atom is -0.461 e. The molecular weight excluding hydrogens is 316 g/mol. The zero-order valence-electron chi connectivity index (χ0n) is 12.8.